The van der Waals surface area contributed by atoms with Crippen molar-refractivity contribution in [2.45, 2.75) is 51.0 Å². The van der Waals surface area contributed by atoms with Crippen LogP contribution in [0.3, 0.4) is 0 Å². The second-order valence-corrected chi connectivity index (χ2v) is 7.69. The summed E-state index contributed by atoms with van der Waals surface area (Å²) in [5, 5.41) is 12.5. The summed E-state index contributed by atoms with van der Waals surface area (Å²) in [5.41, 5.74) is 0.265. The molecule has 0 unspecified atom stereocenters. The Morgan fingerprint density at radius 3 is 2.48 bits per heavy atom. The Kier molecular flexibility index (Phi) is 7.70. The predicted octanol–water partition coefficient (Wildman–Crippen LogP) is 2.91. The number of rotatable bonds is 10. The summed E-state index contributed by atoms with van der Waals surface area (Å²) in [7, 11) is 2.76. The van der Waals surface area contributed by atoms with Crippen molar-refractivity contribution in [3.63, 3.8) is 0 Å². The van der Waals surface area contributed by atoms with E-state index in [0.29, 0.717) is 5.56 Å². The first kappa shape index (κ1) is 24.2. The summed E-state index contributed by atoms with van der Waals surface area (Å²) in [4.78, 5) is 29.0. The molecular formula is C23H27FN2O7. The minimum atomic E-state index is -1.05. The van der Waals surface area contributed by atoms with E-state index in [2.05, 4.69) is 10.3 Å². The molecule has 1 aromatic heterocycles. The van der Waals surface area contributed by atoms with Crippen molar-refractivity contribution in [3.05, 3.63) is 47.5 Å². The second-order valence-electron chi connectivity index (χ2n) is 7.69. The SMILES string of the molecule is COc1cc(F)ccc1[C@@H](OC1CC1)[C@H](C)OC(=O)[C@H](C)NC(=O)c1nccc(OC)c1O. The number of hydrogen-bond acceptors (Lipinski definition) is 8. The Balaban J connectivity index is 1.70. The topological polar surface area (TPSA) is 116 Å². The predicted molar refractivity (Wildman–Crippen MR) is 115 cm³/mol. The molecule has 0 spiro atoms. The second kappa shape index (κ2) is 10.5. The molecule has 10 heteroatoms. The van der Waals surface area contributed by atoms with Gasteiger partial charge in [-0.05, 0) is 38.8 Å². The van der Waals surface area contributed by atoms with Gasteiger partial charge in [-0.3, -0.25) is 4.79 Å². The number of benzene rings is 1. The van der Waals surface area contributed by atoms with Gasteiger partial charge in [0.25, 0.3) is 5.91 Å². The molecule has 0 saturated heterocycles. The minimum Gasteiger partial charge on any atom is -0.503 e. The van der Waals surface area contributed by atoms with Crippen LogP contribution in [0.25, 0.3) is 0 Å². The number of nitrogens with one attached hydrogen (secondary N) is 1. The summed E-state index contributed by atoms with van der Waals surface area (Å²) < 4.78 is 35.5. The van der Waals surface area contributed by atoms with Gasteiger partial charge < -0.3 is 29.4 Å². The molecule has 2 aromatic rings. The minimum absolute atomic E-state index is 0.0187. The molecular weight excluding hydrogens is 435 g/mol. The van der Waals surface area contributed by atoms with Gasteiger partial charge in [-0.2, -0.15) is 0 Å². The summed E-state index contributed by atoms with van der Waals surface area (Å²) >= 11 is 0. The van der Waals surface area contributed by atoms with Crippen molar-refractivity contribution in [3.8, 4) is 17.2 Å². The molecule has 1 amide bonds. The molecule has 1 heterocycles. The highest BCUT2D eigenvalue weighted by atomic mass is 19.1. The first-order valence-electron chi connectivity index (χ1n) is 10.5. The monoisotopic (exact) mass is 462 g/mol. The number of nitrogens with zero attached hydrogens (tertiary/aromatic N) is 1. The lowest BCUT2D eigenvalue weighted by atomic mass is 10.0. The molecule has 0 bridgehead atoms. The van der Waals surface area contributed by atoms with Gasteiger partial charge in [0, 0.05) is 23.9 Å². The van der Waals surface area contributed by atoms with Crippen LogP contribution >= 0.6 is 0 Å². The smallest absolute Gasteiger partial charge is 0.328 e. The van der Waals surface area contributed by atoms with E-state index in [1.54, 1.807) is 6.92 Å². The summed E-state index contributed by atoms with van der Waals surface area (Å²) in [6, 6.07) is 4.41. The van der Waals surface area contributed by atoms with E-state index in [1.165, 1.54) is 51.6 Å². The maximum Gasteiger partial charge on any atom is 0.328 e. The van der Waals surface area contributed by atoms with Crippen molar-refractivity contribution in [1.29, 1.82) is 0 Å². The highest BCUT2D eigenvalue weighted by molar-refractivity contribution is 5.97. The van der Waals surface area contributed by atoms with Gasteiger partial charge in [0.1, 0.15) is 29.8 Å². The standard InChI is InChI=1S/C23H27FN2O7/c1-12(26-22(28)19-20(27)17(30-3)9-10-25-19)23(29)32-13(2)21(33-15-6-7-15)16-8-5-14(24)11-18(16)31-4/h5,8-13,15,21,27H,6-7H2,1-4H3,(H,26,28)/t12-,13-,21-/m0/s1. The normalized spacial score (nSPS) is 15.8. The largest absolute Gasteiger partial charge is 0.503 e. The number of halogens is 1. The van der Waals surface area contributed by atoms with Crippen LogP contribution in [0.2, 0.25) is 0 Å². The van der Waals surface area contributed by atoms with Gasteiger partial charge in [-0.1, -0.05) is 0 Å². The number of methoxy groups -OCH3 is 2. The number of ether oxygens (including phenoxy) is 4. The van der Waals surface area contributed by atoms with Gasteiger partial charge in [0.15, 0.2) is 17.2 Å². The fourth-order valence-corrected chi connectivity index (χ4v) is 3.21. The number of carbonyl (C=O) groups is 2. The van der Waals surface area contributed by atoms with Crippen molar-refractivity contribution >= 4 is 11.9 Å². The molecule has 1 aromatic carbocycles. The van der Waals surface area contributed by atoms with Crippen LogP contribution in [-0.4, -0.2) is 54.4 Å². The van der Waals surface area contributed by atoms with Crippen LogP contribution < -0.4 is 14.8 Å². The lowest BCUT2D eigenvalue weighted by molar-refractivity contribution is -0.159. The molecule has 9 nitrogen and oxygen atoms in total. The highest BCUT2D eigenvalue weighted by Crippen LogP contribution is 2.37. The maximum atomic E-state index is 13.6. The van der Waals surface area contributed by atoms with E-state index in [1.807, 2.05) is 0 Å². The van der Waals surface area contributed by atoms with Gasteiger partial charge in [0.2, 0.25) is 0 Å². The molecule has 0 aliphatic heterocycles. The molecule has 1 saturated carbocycles. The van der Waals surface area contributed by atoms with Gasteiger partial charge >= 0.3 is 5.97 Å². The van der Waals surface area contributed by atoms with Gasteiger partial charge in [-0.15, -0.1) is 0 Å². The quantitative estimate of drug-likeness (QED) is 0.518. The number of amides is 1. The molecule has 1 fully saturated rings. The summed E-state index contributed by atoms with van der Waals surface area (Å²) in [6.07, 6.45) is 1.62. The lowest BCUT2D eigenvalue weighted by Gasteiger charge is -2.27. The first-order chi connectivity index (χ1) is 15.7. The number of esters is 1. The van der Waals surface area contributed by atoms with Crippen molar-refractivity contribution in [1.82, 2.24) is 10.3 Å². The van der Waals surface area contributed by atoms with Crippen LogP contribution in [-0.2, 0) is 14.3 Å². The number of hydrogen-bond donors (Lipinski definition) is 2. The molecule has 1 aliphatic carbocycles. The molecule has 0 radical (unpaired) electrons. The Hall–Kier alpha value is -3.40. The molecule has 3 atom stereocenters. The highest BCUT2D eigenvalue weighted by Gasteiger charge is 2.34. The molecule has 3 rings (SSSR count). The Morgan fingerprint density at radius 2 is 1.85 bits per heavy atom. The van der Waals surface area contributed by atoms with Crippen LogP contribution in [0.1, 0.15) is 48.8 Å². The Labute approximate surface area is 190 Å². The van der Waals surface area contributed by atoms with E-state index in [0.717, 1.165) is 12.8 Å². The lowest BCUT2D eigenvalue weighted by Crippen LogP contribution is -2.41. The number of pyridine rings is 1. The number of carbonyl (C=O) groups excluding carboxylic acids is 2. The summed E-state index contributed by atoms with van der Waals surface area (Å²) in [6.45, 7) is 3.09. The van der Waals surface area contributed by atoms with Crippen molar-refractivity contribution < 1.29 is 38.0 Å². The van der Waals surface area contributed by atoms with Crippen molar-refractivity contribution in [2.75, 3.05) is 14.2 Å². The van der Waals surface area contributed by atoms with Crippen LogP contribution in [0.5, 0.6) is 17.2 Å². The van der Waals surface area contributed by atoms with Crippen molar-refractivity contribution in [2.24, 2.45) is 0 Å². The Bertz CT molecular complexity index is 1010. The van der Waals surface area contributed by atoms with E-state index in [9.17, 15) is 19.1 Å². The zero-order valence-corrected chi connectivity index (χ0v) is 18.8. The Morgan fingerprint density at radius 1 is 1.15 bits per heavy atom. The van der Waals surface area contributed by atoms with E-state index < -0.39 is 41.7 Å². The maximum absolute atomic E-state index is 13.6. The molecule has 1 aliphatic rings. The van der Waals surface area contributed by atoms with Crippen LogP contribution in [0, 0.1) is 5.82 Å². The van der Waals surface area contributed by atoms with E-state index >= 15 is 0 Å². The zero-order valence-electron chi connectivity index (χ0n) is 18.8. The molecule has 33 heavy (non-hydrogen) atoms. The fourth-order valence-electron chi connectivity index (χ4n) is 3.21. The van der Waals surface area contributed by atoms with Gasteiger partial charge in [-0.25, -0.2) is 14.2 Å². The first-order valence-corrected chi connectivity index (χ1v) is 10.5. The molecule has 178 valence electrons. The zero-order chi connectivity index (χ0) is 24.1. The third-order valence-electron chi connectivity index (χ3n) is 5.12. The average Bonchev–Trinajstić information content (AvgIpc) is 3.61. The summed E-state index contributed by atoms with van der Waals surface area (Å²) in [5.74, 6) is -2.03. The van der Waals surface area contributed by atoms with Crippen LogP contribution in [0.4, 0.5) is 4.39 Å². The van der Waals surface area contributed by atoms with E-state index in [4.69, 9.17) is 18.9 Å². The fraction of sp³-hybridized carbons (Fsp3) is 0.435. The van der Waals surface area contributed by atoms with E-state index in [-0.39, 0.29) is 23.3 Å². The third kappa shape index (κ3) is 5.89. The third-order valence-corrected chi connectivity index (χ3v) is 5.12. The van der Waals surface area contributed by atoms with Gasteiger partial charge in [0.05, 0.1) is 20.3 Å². The average molecular weight is 462 g/mol. The number of aromatic nitrogens is 1. The molecule has 2 N–H and O–H groups in total. The van der Waals surface area contributed by atoms with Crippen LogP contribution in [0.15, 0.2) is 30.5 Å². The number of aromatic hydroxyl groups is 1.